The summed E-state index contributed by atoms with van der Waals surface area (Å²) in [5, 5.41) is 9.20. The van der Waals surface area contributed by atoms with Gasteiger partial charge in [0.05, 0.1) is 11.4 Å². The fraction of sp³-hybridized carbons (Fsp3) is 0.286. The molecule has 5 nitrogen and oxygen atoms in total. The second-order valence-electron chi connectivity index (χ2n) is 4.54. The minimum Gasteiger partial charge on any atom is -0.383 e. The number of aromatic nitrogens is 2. The number of anilines is 2. The number of carbonyl (C=O) groups is 1. The number of hydrogen-bond acceptors (Lipinski definition) is 3. The van der Waals surface area contributed by atoms with Crippen LogP contribution in [0.15, 0.2) is 18.3 Å². The Morgan fingerprint density at radius 3 is 2.48 bits per heavy atom. The highest BCUT2D eigenvalue weighted by molar-refractivity contribution is 6.04. The van der Waals surface area contributed by atoms with Crippen LogP contribution in [0.25, 0.3) is 0 Å². The zero-order valence-electron chi connectivity index (χ0n) is 12.0. The fourth-order valence-electron chi connectivity index (χ4n) is 2.04. The van der Waals surface area contributed by atoms with Gasteiger partial charge in [-0.05, 0) is 18.6 Å². The normalized spacial score (nSPS) is 10.5. The van der Waals surface area contributed by atoms with Gasteiger partial charge in [-0.1, -0.05) is 6.92 Å². The average molecular weight is 294 g/mol. The van der Waals surface area contributed by atoms with Crippen molar-refractivity contribution in [2.45, 2.75) is 13.3 Å². The van der Waals surface area contributed by atoms with Gasteiger partial charge in [-0.15, -0.1) is 0 Å². The number of nitrogens with zero attached hydrogens (tertiary/aromatic N) is 2. The number of carbonyl (C=O) groups excluding carboxylic acids is 1. The molecule has 1 aromatic heterocycles. The number of benzene rings is 1. The van der Waals surface area contributed by atoms with E-state index in [9.17, 15) is 13.6 Å². The van der Waals surface area contributed by atoms with Crippen LogP contribution in [0, 0.1) is 11.6 Å². The molecule has 0 aliphatic carbocycles. The van der Waals surface area contributed by atoms with Crippen molar-refractivity contribution in [3.05, 3.63) is 41.2 Å². The van der Waals surface area contributed by atoms with Gasteiger partial charge in [-0.3, -0.25) is 9.48 Å². The fourth-order valence-corrected chi connectivity index (χ4v) is 2.04. The third-order valence-corrected chi connectivity index (χ3v) is 3.04. The summed E-state index contributed by atoms with van der Waals surface area (Å²) in [6.07, 6.45) is 2.28. The molecule has 0 atom stereocenters. The smallest absolute Gasteiger partial charge is 0.255 e. The van der Waals surface area contributed by atoms with Gasteiger partial charge in [0.2, 0.25) is 0 Å². The molecular weight excluding hydrogens is 278 g/mol. The van der Waals surface area contributed by atoms with Crippen molar-refractivity contribution in [1.82, 2.24) is 9.78 Å². The lowest BCUT2D eigenvalue weighted by Gasteiger charge is -2.08. The summed E-state index contributed by atoms with van der Waals surface area (Å²) in [7, 11) is 3.14. The molecule has 2 rings (SSSR count). The molecule has 0 unspecified atom stereocenters. The van der Waals surface area contributed by atoms with Crippen LogP contribution < -0.4 is 10.6 Å². The number of nitrogens with one attached hydrogen (secondary N) is 2. The Kier molecular flexibility index (Phi) is 4.21. The summed E-state index contributed by atoms with van der Waals surface area (Å²) in [5.41, 5.74) is 0.888. The van der Waals surface area contributed by atoms with E-state index in [1.165, 1.54) is 7.05 Å². The zero-order valence-corrected chi connectivity index (χ0v) is 12.0. The van der Waals surface area contributed by atoms with Gasteiger partial charge in [0, 0.05) is 25.9 Å². The van der Waals surface area contributed by atoms with E-state index in [-0.39, 0.29) is 11.3 Å². The van der Waals surface area contributed by atoms with E-state index in [0.717, 1.165) is 12.1 Å². The number of amides is 1. The van der Waals surface area contributed by atoms with Crippen LogP contribution in [0.4, 0.5) is 20.2 Å². The molecule has 0 spiro atoms. The second-order valence-corrected chi connectivity index (χ2v) is 4.54. The van der Waals surface area contributed by atoms with Crippen LogP contribution >= 0.6 is 0 Å². The lowest BCUT2D eigenvalue weighted by molar-refractivity contribution is 0.102. The monoisotopic (exact) mass is 294 g/mol. The molecule has 7 heteroatoms. The maximum absolute atomic E-state index is 13.7. The van der Waals surface area contributed by atoms with E-state index < -0.39 is 17.5 Å². The summed E-state index contributed by atoms with van der Waals surface area (Å²) in [6.45, 7) is 1.90. The van der Waals surface area contributed by atoms with Crippen LogP contribution in [-0.2, 0) is 13.5 Å². The van der Waals surface area contributed by atoms with E-state index in [2.05, 4.69) is 15.7 Å². The molecule has 1 heterocycles. The van der Waals surface area contributed by atoms with Crippen LogP contribution in [-0.4, -0.2) is 22.7 Å². The first-order chi connectivity index (χ1) is 9.96. The van der Waals surface area contributed by atoms with Gasteiger partial charge >= 0.3 is 0 Å². The molecule has 0 saturated heterocycles. The topological polar surface area (TPSA) is 59.0 Å². The van der Waals surface area contributed by atoms with Gasteiger partial charge in [0.25, 0.3) is 5.91 Å². The molecule has 2 N–H and O–H groups in total. The number of hydrogen-bond donors (Lipinski definition) is 2. The van der Waals surface area contributed by atoms with Gasteiger partial charge in [-0.2, -0.15) is 5.10 Å². The maximum Gasteiger partial charge on any atom is 0.255 e. The molecule has 0 saturated carbocycles. The van der Waals surface area contributed by atoms with Crippen LogP contribution in [0.5, 0.6) is 0 Å². The van der Waals surface area contributed by atoms with Gasteiger partial charge in [-0.25, -0.2) is 8.78 Å². The summed E-state index contributed by atoms with van der Waals surface area (Å²) < 4.78 is 28.9. The van der Waals surface area contributed by atoms with Crippen molar-refractivity contribution < 1.29 is 13.6 Å². The van der Waals surface area contributed by atoms with Gasteiger partial charge in [0.1, 0.15) is 17.3 Å². The lowest BCUT2D eigenvalue weighted by Crippen LogP contribution is -2.14. The van der Waals surface area contributed by atoms with Crippen molar-refractivity contribution in [3.8, 4) is 0 Å². The second kappa shape index (κ2) is 5.90. The molecule has 0 bridgehead atoms. The largest absolute Gasteiger partial charge is 0.383 e. The SMILES string of the molecule is CCc1nn(C)cc1NC(=O)c1cc(F)c(NC)c(F)c1. The first kappa shape index (κ1) is 15.0. The van der Waals surface area contributed by atoms with E-state index in [4.69, 9.17) is 0 Å². The van der Waals surface area contributed by atoms with E-state index >= 15 is 0 Å². The highest BCUT2D eigenvalue weighted by Gasteiger charge is 2.16. The molecule has 0 radical (unpaired) electrons. The predicted octanol–water partition coefficient (Wildman–Crippen LogP) is 2.55. The maximum atomic E-state index is 13.7. The van der Waals surface area contributed by atoms with Crippen LogP contribution in [0.1, 0.15) is 23.0 Å². The summed E-state index contributed by atoms with van der Waals surface area (Å²) in [6, 6.07) is 1.98. The molecular formula is C14H16F2N4O. The first-order valence-corrected chi connectivity index (χ1v) is 6.47. The van der Waals surface area contributed by atoms with Gasteiger partial charge < -0.3 is 10.6 Å². The molecule has 1 aromatic carbocycles. The Morgan fingerprint density at radius 2 is 1.95 bits per heavy atom. The minimum absolute atomic E-state index is 0.0880. The van der Waals surface area contributed by atoms with Crippen molar-refractivity contribution in [1.29, 1.82) is 0 Å². The molecule has 0 aliphatic rings. The number of aryl methyl sites for hydroxylation is 2. The standard InChI is InChI=1S/C14H16F2N4O/c1-4-11-12(7-20(3)19-11)18-14(21)8-5-9(15)13(17-2)10(16)6-8/h5-7,17H,4H2,1-3H3,(H,18,21). The molecule has 112 valence electrons. The quantitative estimate of drug-likeness (QED) is 0.911. The van der Waals surface area contributed by atoms with Crippen molar-refractivity contribution in [2.24, 2.45) is 7.05 Å². The minimum atomic E-state index is -0.815. The highest BCUT2D eigenvalue weighted by Crippen LogP contribution is 2.21. The van der Waals surface area contributed by atoms with E-state index in [1.807, 2.05) is 6.92 Å². The Hall–Kier alpha value is -2.44. The molecule has 1 amide bonds. The summed E-state index contributed by atoms with van der Waals surface area (Å²) in [5.74, 6) is -2.22. The van der Waals surface area contributed by atoms with Crippen LogP contribution in [0.2, 0.25) is 0 Å². The first-order valence-electron chi connectivity index (χ1n) is 6.47. The molecule has 0 fully saturated rings. The Balaban J connectivity index is 2.28. The van der Waals surface area contributed by atoms with Crippen LogP contribution in [0.3, 0.4) is 0 Å². The highest BCUT2D eigenvalue weighted by atomic mass is 19.1. The molecule has 21 heavy (non-hydrogen) atoms. The molecule has 0 aliphatic heterocycles. The third-order valence-electron chi connectivity index (χ3n) is 3.04. The third kappa shape index (κ3) is 3.01. The average Bonchev–Trinajstić information content (AvgIpc) is 2.78. The van der Waals surface area contributed by atoms with Gasteiger partial charge in [0.15, 0.2) is 0 Å². The van der Waals surface area contributed by atoms with Crippen molar-refractivity contribution in [3.63, 3.8) is 0 Å². The summed E-state index contributed by atoms with van der Waals surface area (Å²) >= 11 is 0. The Labute approximate surface area is 121 Å². The molecule has 2 aromatic rings. The lowest BCUT2D eigenvalue weighted by atomic mass is 10.1. The van der Waals surface area contributed by atoms with E-state index in [0.29, 0.717) is 17.8 Å². The van der Waals surface area contributed by atoms with E-state index in [1.54, 1.807) is 17.9 Å². The predicted molar refractivity (Wildman–Crippen MR) is 76.4 cm³/mol. The zero-order chi connectivity index (χ0) is 15.6. The van der Waals surface area contributed by atoms with Crippen molar-refractivity contribution >= 4 is 17.3 Å². The number of halogens is 2. The van der Waals surface area contributed by atoms with Crippen molar-refractivity contribution in [2.75, 3.05) is 17.7 Å². The number of rotatable bonds is 4. The Bertz CT molecular complexity index is 659. The summed E-state index contributed by atoms with van der Waals surface area (Å²) in [4.78, 5) is 12.1. The Morgan fingerprint density at radius 1 is 1.33 bits per heavy atom.